The predicted octanol–water partition coefficient (Wildman–Crippen LogP) is 1.75. The fraction of sp³-hybridized carbons (Fsp3) is 0.300. The first kappa shape index (κ1) is 12.5. The minimum atomic E-state index is -0.123. The molecule has 0 aliphatic carbocycles. The summed E-state index contributed by atoms with van der Waals surface area (Å²) in [6.07, 6.45) is 0.271. The third kappa shape index (κ3) is 4.20. The van der Waals surface area contributed by atoms with E-state index in [1.165, 1.54) is 0 Å². The second-order valence-corrected chi connectivity index (χ2v) is 4.26. The average Bonchev–Trinajstić information content (AvgIpc) is 2.20. The molecular weight excluding hydrogens is 281 g/mol. The topological polar surface area (TPSA) is 49.3 Å². The van der Waals surface area contributed by atoms with Crippen molar-refractivity contribution in [2.75, 3.05) is 13.2 Å². The summed E-state index contributed by atoms with van der Waals surface area (Å²) in [5.41, 5.74) is 0.846. The van der Waals surface area contributed by atoms with Crippen LogP contribution in [0.1, 0.15) is 5.56 Å². The molecule has 1 aromatic rings. The molecule has 0 spiro atoms. The average molecular weight is 293 g/mol. The number of aliphatic hydroxyl groups is 1. The molecule has 0 saturated carbocycles. The summed E-state index contributed by atoms with van der Waals surface area (Å²) in [6, 6.07) is 5.37. The van der Waals surface area contributed by atoms with Crippen molar-refractivity contribution in [2.45, 2.75) is 6.42 Å². The molecule has 1 rings (SSSR count). The van der Waals surface area contributed by atoms with Gasteiger partial charge in [0.15, 0.2) is 0 Å². The molecular formula is C10H11BrClNO2. The van der Waals surface area contributed by atoms with Gasteiger partial charge < -0.3 is 10.4 Å². The van der Waals surface area contributed by atoms with Crippen molar-refractivity contribution >= 4 is 33.4 Å². The lowest BCUT2D eigenvalue weighted by atomic mass is 10.1. The normalized spacial score (nSPS) is 10.1. The van der Waals surface area contributed by atoms with E-state index in [1.807, 2.05) is 6.07 Å². The lowest BCUT2D eigenvalue weighted by Crippen LogP contribution is -2.27. The minimum absolute atomic E-state index is 0.0488. The van der Waals surface area contributed by atoms with Crippen LogP contribution in [0.15, 0.2) is 22.7 Å². The van der Waals surface area contributed by atoms with Gasteiger partial charge in [-0.05, 0) is 33.6 Å². The molecule has 0 fully saturated rings. The number of carbonyl (C=O) groups excluding carboxylic acids is 1. The Hall–Kier alpha value is -0.580. The molecule has 0 saturated heterocycles. The van der Waals surface area contributed by atoms with Gasteiger partial charge in [0.2, 0.25) is 5.91 Å². The number of halogens is 2. The number of rotatable bonds is 4. The summed E-state index contributed by atoms with van der Waals surface area (Å²) in [5.74, 6) is -0.123. The summed E-state index contributed by atoms with van der Waals surface area (Å²) < 4.78 is 0.809. The Morgan fingerprint density at radius 1 is 1.53 bits per heavy atom. The van der Waals surface area contributed by atoms with E-state index < -0.39 is 0 Å². The number of carbonyl (C=O) groups is 1. The largest absolute Gasteiger partial charge is 0.395 e. The molecule has 5 heteroatoms. The van der Waals surface area contributed by atoms with Crippen molar-refractivity contribution < 1.29 is 9.90 Å². The third-order valence-electron chi connectivity index (χ3n) is 1.78. The summed E-state index contributed by atoms with van der Waals surface area (Å²) in [7, 11) is 0. The number of amides is 1. The monoisotopic (exact) mass is 291 g/mol. The highest BCUT2D eigenvalue weighted by Gasteiger charge is 2.04. The maximum Gasteiger partial charge on any atom is 0.224 e. The van der Waals surface area contributed by atoms with E-state index in [0.717, 1.165) is 10.0 Å². The number of aliphatic hydroxyl groups excluding tert-OH is 1. The van der Waals surface area contributed by atoms with Crippen LogP contribution in [-0.2, 0) is 11.2 Å². The summed E-state index contributed by atoms with van der Waals surface area (Å²) in [4.78, 5) is 11.3. The maximum atomic E-state index is 11.3. The zero-order chi connectivity index (χ0) is 11.3. The van der Waals surface area contributed by atoms with Gasteiger partial charge in [0.05, 0.1) is 18.1 Å². The van der Waals surface area contributed by atoms with Crippen molar-refractivity contribution in [3.63, 3.8) is 0 Å². The van der Waals surface area contributed by atoms with Crippen molar-refractivity contribution in [1.82, 2.24) is 5.32 Å². The molecule has 82 valence electrons. The molecule has 0 atom stereocenters. The van der Waals surface area contributed by atoms with Crippen LogP contribution in [0.4, 0.5) is 0 Å². The zero-order valence-electron chi connectivity index (χ0n) is 7.96. The number of hydrogen-bond donors (Lipinski definition) is 2. The Morgan fingerprint density at radius 2 is 2.27 bits per heavy atom. The smallest absolute Gasteiger partial charge is 0.224 e. The van der Waals surface area contributed by atoms with Gasteiger partial charge in [0.1, 0.15) is 0 Å². The highest BCUT2D eigenvalue weighted by Crippen LogP contribution is 2.23. The SMILES string of the molecule is O=C(Cc1ccc(Br)c(Cl)c1)NCCO. The second kappa shape index (κ2) is 6.10. The lowest BCUT2D eigenvalue weighted by molar-refractivity contribution is -0.120. The van der Waals surface area contributed by atoms with Crippen molar-refractivity contribution in [2.24, 2.45) is 0 Å². The molecule has 15 heavy (non-hydrogen) atoms. The van der Waals surface area contributed by atoms with Crippen LogP contribution >= 0.6 is 27.5 Å². The first-order valence-electron chi connectivity index (χ1n) is 4.45. The highest BCUT2D eigenvalue weighted by atomic mass is 79.9. The first-order valence-corrected chi connectivity index (χ1v) is 5.62. The van der Waals surface area contributed by atoms with Gasteiger partial charge in [-0.25, -0.2) is 0 Å². The van der Waals surface area contributed by atoms with Crippen LogP contribution in [0.3, 0.4) is 0 Å². The Labute approximate surface area is 102 Å². The van der Waals surface area contributed by atoms with E-state index in [2.05, 4.69) is 21.2 Å². The molecule has 1 amide bonds. The lowest BCUT2D eigenvalue weighted by Gasteiger charge is -2.04. The molecule has 0 aromatic heterocycles. The highest BCUT2D eigenvalue weighted by molar-refractivity contribution is 9.10. The van der Waals surface area contributed by atoms with E-state index in [4.69, 9.17) is 16.7 Å². The fourth-order valence-electron chi connectivity index (χ4n) is 1.09. The van der Waals surface area contributed by atoms with E-state index in [9.17, 15) is 4.79 Å². The maximum absolute atomic E-state index is 11.3. The van der Waals surface area contributed by atoms with Crippen LogP contribution in [0, 0.1) is 0 Å². The molecule has 0 aliphatic heterocycles. The minimum Gasteiger partial charge on any atom is -0.395 e. The predicted molar refractivity (Wildman–Crippen MR) is 63.0 cm³/mol. The number of benzene rings is 1. The number of hydrogen-bond acceptors (Lipinski definition) is 2. The zero-order valence-corrected chi connectivity index (χ0v) is 10.3. The van der Waals surface area contributed by atoms with Crippen LogP contribution in [0.5, 0.6) is 0 Å². The van der Waals surface area contributed by atoms with Crippen LogP contribution < -0.4 is 5.32 Å². The standard InChI is InChI=1S/C10H11BrClNO2/c11-8-2-1-7(5-9(8)12)6-10(15)13-3-4-14/h1-2,5,14H,3-4,6H2,(H,13,15). The summed E-state index contributed by atoms with van der Waals surface area (Å²) in [5, 5.41) is 11.7. The van der Waals surface area contributed by atoms with Crippen LogP contribution in [0.2, 0.25) is 5.02 Å². The van der Waals surface area contributed by atoms with Gasteiger partial charge in [0, 0.05) is 11.0 Å². The fourth-order valence-corrected chi connectivity index (χ4v) is 1.54. The van der Waals surface area contributed by atoms with Gasteiger partial charge in [-0.3, -0.25) is 4.79 Å². The van der Waals surface area contributed by atoms with Crippen LogP contribution in [0.25, 0.3) is 0 Å². The molecule has 0 heterocycles. The first-order chi connectivity index (χ1) is 7.13. The molecule has 2 N–H and O–H groups in total. The molecule has 0 unspecified atom stereocenters. The molecule has 0 radical (unpaired) electrons. The summed E-state index contributed by atoms with van der Waals surface area (Å²) >= 11 is 9.16. The van der Waals surface area contributed by atoms with E-state index in [0.29, 0.717) is 5.02 Å². The van der Waals surface area contributed by atoms with E-state index >= 15 is 0 Å². The van der Waals surface area contributed by atoms with Crippen molar-refractivity contribution in [3.05, 3.63) is 33.3 Å². The quantitative estimate of drug-likeness (QED) is 0.888. The molecule has 0 bridgehead atoms. The van der Waals surface area contributed by atoms with Gasteiger partial charge in [-0.2, -0.15) is 0 Å². The Balaban J connectivity index is 2.57. The van der Waals surface area contributed by atoms with Gasteiger partial charge >= 0.3 is 0 Å². The molecule has 3 nitrogen and oxygen atoms in total. The van der Waals surface area contributed by atoms with Crippen molar-refractivity contribution in [1.29, 1.82) is 0 Å². The second-order valence-electron chi connectivity index (χ2n) is 3.00. The number of nitrogens with one attached hydrogen (secondary N) is 1. The Morgan fingerprint density at radius 3 is 2.87 bits per heavy atom. The van der Waals surface area contributed by atoms with E-state index in [1.54, 1.807) is 12.1 Å². The van der Waals surface area contributed by atoms with Gasteiger partial charge in [0.25, 0.3) is 0 Å². The van der Waals surface area contributed by atoms with Crippen molar-refractivity contribution in [3.8, 4) is 0 Å². The van der Waals surface area contributed by atoms with E-state index in [-0.39, 0.29) is 25.5 Å². The van der Waals surface area contributed by atoms with Gasteiger partial charge in [-0.15, -0.1) is 0 Å². The molecule has 0 aliphatic rings. The van der Waals surface area contributed by atoms with Crippen LogP contribution in [-0.4, -0.2) is 24.2 Å². The summed E-state index contributed by atoms with van der Waals surface area (Å²) in [6.45, 7) is 0.232. The third-order valence-corrected chi connectivity index (χ3v) is 3.02. The molecule has 1 aromatic carbocycles. The Bertz CT molecular complexity index is 357. The Kier molecular flexibility index (Phi) is 5.08. The van der Waals surface area contributed by atoms with Gasteiger partial charge in [-0.1, -0.05) is 17.7 Å².